The summed E-state index contributed by atoms with van der Waals surface area (Å²) < 4.78 is 1.62. The van der Waals surface area contributed by atoms with Crippen LogP contribution >= 0.6 is 0 Å². The number of aliphatic carboxylic acids is 1. The van der Waals surface area contributed by atoms with Crippen LogP contribution in [0.25, 0.3) is 22.3 Å². The van der Waals surface area contributed by atoms with Crippen molar-refractivity contribution in [1.29, 1.82) is 0 Å². The highest BCUT2D eigenvalue weighted by Crippen LogP contribution is 2.28. The number of pyridine rings is 1. The number of hydrogen-bond donors (Lipinski definition) is 3. The van der Waals surface area contributed by atoms with Crippen molar-refractivity contribution in [1.82, 2.24) is 14.9 Å². The number of phenolic OH excluding ortho intramolecular Hbond substituents is 1. The molecule has 34 heavy (non-hydrogen) atoms. The van der Waals surface area contributed by atoms with Gasteiger partial charge < -0.3 is 20.1 Å². The fourth-order valence-corrected chi connectivity index (χ4v) is 3.92. The van der Waals surface area contributed by atoms with Crippen LogP contribution in [0.5, 0.6) is 5.75 Å². The predicted octanol–water partition coefficient (Wildman–Crippen LogP) is 4.82. The van der Waals surface area contributed by atoms with Crippen LogP contribution in [0.3, 0.4) is 0 Å². The highest BCUT2D eigenvalue weighted by Gasteiger charge is 2.25. The fourth-order valence-electron chi connectivity index (χ4n) is 3.92. The van der Waals surface area contributed by atoms with Crippen molar-refractivity contribution >= 4 is 11.9 Å². The summed E-state index contributed by atoms with van der Waals surface area (Å²) in [7, 11) is 0. The van der Waals surface area contributed by atoms with E-state index in [1.807, 2.05) is 42.5 Å². The largest absolute Gasteiger partial charge is 0.508 e. The van der Waals surface area contributed by atoms with E-state index in [9.17, 15) is 19.8 Å². The smallest absolute Gasteiger partial charge is 0.306 e. The van der Waals surface area contributed by atoms with E-state index >= 15 is 0 Å². The quantitative estimate of drug-likeness (QED) is 0.353. The Hall–Kier alpha value is -4.39. The zero-order chi connectivity index (χ0) is 24.1. The van der Waals surface area contributed by atoms with Gasteiger partial charge >= 0.3 is 5.97 Å². The summed E-state index contributed by atoms with van der Waals surface area (Å²) in [6.45, 7) is 1.75. The van der Waals surface area contributed by atoms with Crippen LogP contribution in [0, 0.1) is 0 Å². The summed E-state index contributed by atoms with van der Waals surface area (Å²) >= 11 is 0. The minimum absolute atomic E-state index is 0.0727. The number of carbonyl (C=O) groups excluding carboxylic acids is 1. The number of rotatable bonds is 8. The summed E-state index contributed by atoms with van der Waals surface area (Å²) in [6, 6.07) is 19.1. The van der Waals surface area contributed by atoms with Gasteiger partial charge in [0.05, 0.1) is 12.5 Å². The van der Waals surface area contributed by atoms with E-state index in [0.29, 0.717) is 5.56 Å². The van der Waals surface area contributed by atoms with Gasteiger partial charge in [0.25, 0.3) is 0 Å². The van der Waals surface area contributed by atoms with Crippen molar-refractivity contribution in [3.63, 3.8) is 0 Å². The van der Waals surface area contributed by atoms with Crippen LogP contribution in [0.4, 0.5) is 0 Å². The van der Waals surface area contributed by atoms with Crippen LogP contribution in [0.1, 0.15) is 31.0 Å². The number of hydrogen-bond acceptors (Lipinski definition) is 4. The molecule has 2 unspecified atom stereocenters. The van der Waals surface area contributed by atoms with Crippen LogP contribution in [0.15, 0.2) is 91.5 Å². The number of carboxylic acid groups (broad SMARTS) is 1. The Morgan fingerprint density at radius 2 is 1.53 bits per heavy atom. The topological polar surface area (TPSA) is 104 Å². The number of aromatic hydroxyl groups is 1. The van der Waals surface area contributed by atoms with Crippen molar-refractivity contribution in [2.75, 3.05) is 0 Å². The number of aromatic nitrogens is 2. The third kappa shape index (κ3) is 5.15. The van der Waals surface area contributed by atoms with E-state index in [1.165, 1.54) is 0 Å². The third-order valence-electron chi connectivity index (χ3n) is 5.74. The van der Waals surface area contributed by atoms with E-state index in [4.69, 9.17) is 0 Å². The van der Waals surface area contributed by atoms with Crippen molar-refractivity contribution in [3.8, 4) is 28.0 Å². The molecule has 0 spiro atoms. The van der Waals surface area contributed by atoms with E-state index in [-0.39, 0.29) is 12.2 Å². The molecule has 0 saturated carbocycles. The van der Waals surface area contributed by atoms with Crippen LogP contribution in [-0.2, 0) is 9.59 Å². The van der Waals surface area contributed by atoms with Crippen LogP contribution in [-0.4, -0.2) is 31.6 Å². The maximum atomic E-state index is 13.0. The number of phenols is 1. The molecule has 3 N–H and O–H groups in total. The molecule has 1 amide bonds. The first kappa shape index (κ1) is 22.8. The number of carboxylic acids is 1. The molecular weight excluding hydrogens is 430 g/mol. The van der Waals surface area contributed by atoms with Crippen LogP contribution in [0.2, 0.25) is 0 Å². The maximum Gasteiger partial charge on any atom is 0.306 e. The van der Waals surface area contributed by atoms with Crippen molar-refractivity contribution in [2.24, 2.45) is 0 Å². The normalized spacial score (nSPS) is 12.6. The first-order valence-electron chi connectivity index (χ1n) is 10.9. The molecule has 0 radical (unpaired) electrons. The Balaban J connectivity index is 1.54. The Morgan fingerprint density at radius 3 is 2.18 bits per heavy atom. The molecule has 172 valence electrons. The first-order chi connectivity index (χ1) is 16.4. The zero-order valence-corrected chi connectivity index (χ0v) is 18.6. The molecular formula is C27H25N3O4. The van der Waals surface area contributed by atoms with Gasteiger partial charge in [-0.25, -0.2) is 0 Å². The SMILES string of the molecule is CC(NC(=O)C(CC(=O)O)n1ccc(-c2ccc(-c3ccncc3)cc2)c1)c1ccccc1O. The number of nitrogens with zero attached hydrogens (tertiary/aromatic N) is 2. The molecule has 0 bridgehead atoms. The molecule has 0 aliphatic carbocycles. The number of benzene rings is 2. The minimum atomic E-state index is -1.08. The molecule has 0 aliphatic rings. The summed E-state index contributed by atoms with van der Waals surface area (Å²) in [4.78, 5) is 28.6. The highest BCUT2D eigenvalue weighted by atomic mass is 16.4. The molecule has 0 saturated heterocycles. The lowest BCUT2D eigenvalue weighted by atomic mass is 10.0. The van der Waals surface area contributed by atoms with Crippen molar-refractivity contribution in [2.45, 2.75) is 25.4 Å². The number of amides is 1. The van der Waals surface area contributed by atoms with Gasteiger partial charge in [0.1, 0.15) is 11.8 Å². The Morgan fingerprint density at radius 1 is 0.912 bits per heavy atom. The van der Waals surface area contributed by atoms with Crippen molar-refractivity contribution in [3.05, 3.63) is 97.1 Å². The van der Waals surface area contributed by atoms with E-state index in [2.05, 4.69) is 10.3 Å². The van der Waals surface area contributed by atoms with Gasteiger partial charge in [-0.1, -0.05) is 42.5 Å². The second kappa shape index (κ2) is 10.0. The molecule has 4 aromatic rings. The number of nitrogens with one attached hydrogen (secondary N) is 1. The summed E-state index contributed by atoms with van der Waals surface area (Å²) in [6.07, 6.45) is 6.62. The second-order valence-corrected chi connectivity index (χ2v) is 8.06. The van der Waals surface area contributed by atoms with Gasteiger partial charge in [0.2, 0.25) is 5.91 Å². The first-order valence-corrected chi connectivity index (χ1v) is 10.9. The molecule has 7 heteroatoms. The monoisotopic (exact) mass is 455 g/mol. The molecule has 2 atom stereocenters. The lowest BCUT2D eigenvalue weighted by Gasteiger charge is -2.21. The number of para-hydroxylation sites is 1. The van der Waals surface area contributed by atoms with Crippen molar-refractivity contribution < 1.29 is 19.8 Å². The summed E-state index contributed by atoms with van der Waals surface area (Å²) in [5.41, 5.74) is 4.52. The van der Waals surface area contributed by atoms with Gasteiger partial charge in [-0.2, -0.15) is 0 Å². The van der Waals surface area contributed by atoms with E-state index in [1.54, 1.807) is 60.5 Å². The third-order valence-corrected chi connectivity index (χ3v) is 5.74. The molecule has 7 nitrogen and oxygen atoms in total. The fraction of sp³-hybridized carbons (Fsp3) is 0.148. The highest BCUT2D eigenvalue weighted by molar-refractivity contribution is 5.85. The average Bonchev–Trinajstić information content (AvgIpc) is 3.33. The predicted molar refractivity (Wildman–Crippen MR) is 129 cm³/mol. The molecule has 4 rings (SSSR count). The lowest BCUT2D eigenvalue weighted by Crippen LogP contribution is -2.35. The number of carbonyl (C=O) groups is 2. The Kier molecular flexibility index (Phi) is 6.73. The average molecular weight is 456 g/mol. The molecule has 0 fully saturated rings. The van der Waals surface area contributed by atoms with E-state index in [0.717, 1.165) is 22.3 Å². The summed E-state index contributed by atoms with van der Waals surface area (Å²) in [5, 5.41) is 22.3. The molecule has 2 heterocycles. The maximum absolute atomic E-state index is 13.0. The standard InChI is InChI=1S/C27H25N3O4/c1-18(23-4-2-3-5-25(23)31)29-27(34)24(16-26(32)33)30-15-12-22(17-30)20-8-6-19(7-9-20)21-10-13-28-14-11-21/h2-15,17-18,24,31H,16H2,1H3,(H,29,34)(H,32,33). The van der Waals surface area contributed by atoms with Gasteiger partial charge in [0.15, 0.2) is 0 Å². The minimum Gasteiger partial charge on any atom is -0.508 e. The van der Waals surface area contributed by atoms with Crippen LogP contribution < -0.4 is 5.32 Å². The Labute approximate surface area is 197 Å². The van der Waals surface area contributed by atoms with E-state index < -0.39 is 24.0 Å². The Bertz CT molecular complexity index is 1280. The van der Waals surface area contributed by atoms with Gasteiger partial charge in [-0.3, -0.25) is 14.6 Å². The molecule has 2 aromatic carbocycles. The molecule has 0 aliphatic heterocycles. The van der Waals surface area contributed by atoms with Gasteiger partial charge in [-0.05, 0) is 53.4 Å². The summed E-state index contributed by atoms with van der Waals surface area (Å²) in [5.74, 6) is -1.44. The van der Waals surface area contributed by atoms with Gasteiger partial charge in [-0.15, -0.1) is 0 Å². The lowest BCUT2D eigenvalue weighted by molar-refractivity contribution is -0.140. The second-order valence-electron chi connectivity index (χ2n) is 8.06. The van der Waals surface area contributed by atoms with Gasteiger partial charge in [0, 0.05) is 30.4 Å². The zero-order valence-electron chi connectivity index (χ0n) is 18.6. The molecule has 2 aromatic heterocycles.